The van der Waals surface area contributed by atoms with Crippen molar-refractivity contribution in [1.29, 1.82) is 0 Å². The third-order valence-corrected chi connectivity index (χ3v) is 2.50. The van der Waals surface area contributed by atoms with E-state index in [4.69, 9.17) is 5.11 Å². The highest BCUT2D eigenvalue weighted by atomic mass is 19.3. The zero-order valence-corrected chi connectivity index (χ0v) is 12.0. The van der Waals surface area contributed by atoms with E-state index in [1.807, 2.05) is 0 Å². The predicted octanol–water partition coefficient (Wildman–Crippen LogP) is -0.591. The van der Waals surface area contributed by atoms with Gasteiger partial charge < -0.3 is 20.1 Å². The van der Waals surface area contributed by atoms with Gasteiger partial charge in [-0.25, -0.2) is 4.79 Å². The number of Topliss-reactive ketones (excluding diaryl/α,β-unsaturated/α-hetero) is 1. The average molecular weight is 312 g/mol. The number of aliphatic hydroxyl groups excluding tert-OH is 3. The van der Waals surface area contributed by atoms with Gasteiger partial charge in [0.25, 0.3) is 0 Å². The Morgan fingerprint density at radius 3 is 1.76 bits per heavy atom. The molecular weight excluding hydrogens is 294 g/mol. The molecule has 3 atom stereocenters. The first-order valence-corrected chi connectivity index (χ1v) is 5.92. The Labute approximate surface area is 119 Å². The van der Waals surface area contributed by atoms with Crippen molar-refractivity contribution in [2.45, 2.75) is 51.9 Å². The summed E-state index contributed by atoms with van der Waals surface area (Å²) in [6, 6.07) is 0. The third kappa shape index (κ3) is 4.80. The first kappa shape index (κ1) is 19.6. The van der Waals surface area contributed by atoms with Gasteiger partial charge in [0.2, 0.25) is 0 Å². The van der Waals surface area contributed by atoms with E-state index >= 15 is 0 Å². The van der Waals surface area contributed by atoms with Gasteiger partial charge in [-0.15, -0.1) is 0 Å². The molecule has 21 heavy (non-hydrogen) atoms. The van der Waals surface area contributed by atoms with Crippen molar-refractivity contribution in [3.8, 4) is 0 Å². The quantitative estimate of drug-likeness (QED) is 0.458. The molecule has 9 heteroatoms. The van der Waals surface area contributed by atoms with Gasteiger partial charge in [-0.1, -0.05) is 0 Å². The highest BCUT2D eigenvalue weighted by Gasteiger charge is 2.54. The molecule has 0 saturated carbocycles. The maximum absolute atomic E-state index is 13.6. The van der Waals surface area contributed by atoms with Crippen LogP contribution in [-0.2, 0) is 19.1 Å². The van der Waals surface area contributed by atoms with Crippen LogP contribution in [0.4, 0.5) is 8.78 Å². The van der Waals surface area contributed by atoms with E-state index in [9.17, 15) is 33.4 Å². The molecule has 0 aromatic heterocycles. The van der Waals surface area contributed by atoms with Crippen molar-refractivity contribution >= 4 is 17.7 Å². The number of halogens is 2. The van der Waals surface area contributed by atoms with E-state index in [-0.39, 0.29) is 0 Å². The maximum atomic E-state index is 13.6. The lowest BCUT2D eigenvalue weighted by Crippen LogP contribution is -2.54. The van der Waals surface area contributed by atoms with Crippen molar-refractivity contribution in [2.75, 3.05) is 0 Å². The third-order valence-electron chi connectivity index (χ3n) is 2.50. The summed E-state index contributed by atoms with van der Waals surface area (Å²) >= 11 is 0. The van der Waals surface area contributed by atoms with E-state index in [2.05, 4.69) is 4.74 Å². The molecule has 3 N–H and O–H groups in total. The first-order chi connectivity index (χ1) is 9.22. The Morgan fingerprint density at radius 1 is 1.00 bits per heavy atom. The Kier molecular flexibility index (Phi) is 6.09. The molecule has 0 spiro atoms. The number of ketones is 1. The summed E-state index contributed by atoms with van der Waals surface area (Å²) in [5.74, 6) is -9.42. The molecule has 0 aromatic rings. The summed E-state index contributed by atoms with van der Waals surface area (Å²) in [6.07, 6.45) is -8.04. The lowest BCUT2D eigenvalue weighted by Gasteiger charge is -2.27. The average Bonchev–Trinajstić information content (AvgIpc) is 2.34. The number of aliphatic hydroxyl groups is 3. The van der Waals surface area contributed by atoms with Gasteiger partial charge in [0.1, 0.15) is 12.2 Å². The molecule has 0 fully saturated rings. The second kappa shape index (κ2) is 6.54. The number of alkyl halides is 2. The summed E-state index contributed by atoms with van der Waals surface area (Å²) in [5, 5.41) is 27.6. The minimum absolute atomic E-state index is 0.792. The summed E-state index contributed by atoms with van der Waals surface area (Å²) in [5.41, 5.74) is -1.24. The Hall–Kier alpha value is -1.45. The Bertz CT molecular complexity index is 428. The zero-order chi connectivity index (χ0) is 17.2. The van der Waals surface area contributed by atoms with Crippen LogP contribution in [0.25, 0.3) is 0 Å². The molecule has 0 heterocycles. The van der Waals surface area contributed by atoms with Crippen LogP contribution >= 0.6 is 0 Å². The number of hydrogen-bond donors (Lipinski definition) is 3. The minimum atomic E-state index is -4.68. The molecule has 0 amide bonds. The van der Waals surface area contributed by atoms with Crippen molar-refractivity contribution in [1.82, 2.24) is 0 Å². The number of rotatable bonds is 5. The van der Waals surface area contributed by atoms with Crippen molar-refractivity contribution in [2.24, 2.45) is 5.41 Å². The van der Waals surface area contributed by atoms with E-state index in [0.29, 0.717) is 0 Å². The zero-order valence-electron chi connectivity index (χ0n) is 12.0. The lowest BCUT2D eigenvalue weighted by molar-refractivity contribution is -0.210. The predicted molar refractivity (Wildman–Crippen MR) is 64.2 cm³/mol. The molecule has 0 aromatic carbocycles. The molecule has 0 rings (SSSR count). The number of esters is 2. The summed E-state index contributed by atoms with van der Waals surface area (Å²) in [7, 11) is 0. The monoisotopic (exact) mass is 312 g/mol. The van der Waals surface area contributed by atoms with E-state index in [1.165, 1.54) is 20.8 Å². The molecule has 0 radical (unpaired) electrons. The van der Waals surface area contributed by atoms with Gasteiger partial charge >= 0.3 is 17.9 Å². The molecule has 1 unspecified atom stereocenters. The molecule has 0 aliphatic carbocycles. The summed E-state index contributed by atoms with van der Waals surface area (Å²) < 4.78 is 31.1. The van der Waals surface area contributed by atoms with Crippen molar-refractivity contribution in [3.63, 3.8) is 0 Å². The topological polar surface area (TPSA) is 121 Å². The fourth-order valence-electron chi connectivity index (χ4n) is 1.05. The van der Waals surface area contributed by atoms with Crippen LogP contribution in [0.3, 0.4) is 0 Å². The highest BCUT2D eigenvalue weighted by molar-refractivity contribution is 5.92. The van der Waals surface area contributed by atoms with E-state index in [0.717, 1.165) is 6.92 Å². The molecule has 0 aliphatic heterocycles. The van der Waals surface area contributed by atoms with Crippen LogP contribution < -0.4 is 0 Å². The van der Waals surface area contributed by atoms with E-state index in [1.54, 1.807) is 0 Å². The Morgan fingerprint density at radius 2 is 1.43 bits per heavy atom. The number of hydrogen-bond acceptors (Lipinski definition) is 7. The fraction of sp³-hybridized carbons (Fsp3) is 0.750. The molecule has 0 saturated heterocycles. The van der Waals surface area contributed by atoms with Gasteiger partial charge in [-0.3, -0.25) is 9.59 Å². The molecule has 7 nitrogen and oxygen atoms in total. The van der Waals surface area contributed by atoms with Crippen LogP contribution in [0, 0.1) is 5.41 Å². The number of ether oxygens (including phenoxy) is 1. The lowest BCUT2D eigenvalue weighted by atomic mass is 9.97. The fourth-order valence-corrected chi connectivity index (χ4v) is 1.05. The number of carbonyl (C=O) groups is 3. The van der Waals surface area contributed by atoms with Crippen LogP contribution in [0.1, 0.15) is 27.7 Å². The van der Waals surface area contributed by atoms with Crippen molar-refractivity contribution in [3.05, 3.63) is 0 Å². The van der Waals surface area contributed by atoms with E-state index < -0.39 is 47.4 Å². The van der Waals surface area contributed by atoms with Gasteiger partial charge in [0.05, 0.1) is 5.41 Å². The normalized spacial score (nSPS) is 16.8. The van der Waals surface area contributed by atoms with Crippen LogP contribution in [0.2, 0.25) is 0 Å². The SMILES string of the molecule is CC(=O)C(O)[C@@H](O)[C@@H](O)C(F)(F)C(=O)OC(=O)C(C)(C)C. The van der Waals surface area contributed by atoms with Crippen LogP contribution in [0.15, 0.2) is 0 Å². The van der Waals surface area contributed by atoms with Gasteiger partial charge in [0, 0.05) is 0 Å². The van der Waals surface area contributed by atoms with Gasteiger partial charge in [0.15, 0.2) is 11.9 Å². The largest absolute Gasteiger partial charge is 0.388 e. The highest BCUT2D eigenvalue weighted by Crippen LogP contribution is 2.26. The molecule has 0 aliphatic rings. The summed E-state index contributed by atoms with van der Waals surface area (Å²) in [4.78, 5) is 33.3. The first-order valence-electron chi connectivity index (χ1n) is 5.92. The smallest absolute Gasteiger partial charge is 0.387 e. The number of carbonyl (C=O) groups excluding carboxylic acids is 3. The van der Waals surface area contributed by atoms with Gasteiger partial charge in [-0.05, 0) is 27.7 Å². The minimum Gasteiger partial charge on any atom is -0.388 e. The van der Waals surface area contributed by atoms with Gasteiger partial charge in [-0.2, -0.15) is 8.78 Å². The molecule has 122 valence electrons. The maximum Gasteiger partial charge on any atom is 0.387 e. The second-order valence-electron chi connectivity index (χ2n) is 5.54. The van der Waals surface area contributed by atoms with Crippen LogP contribution in [0.5, 0.6) is 0 Å². The van der Waals surface area contributed by atoms with Crippen molar-refractivity contribution < 1.29 is 43.2 Å². The molecule has 0 bridgehead atoms. The molecular formula is C12H18F2O7. The standard InChI is InChI=1S/C12H18F2O7/c1-5(15)6(16)7(17)8(18)12(13,14)10(20)21-9(19)11(2,3)4/h6-8,16-18H,1-4H3/t6?,7-,8-/m1/s1. The summed E-state index contributed by atoms with van der Waals surface area (Å²) in [6.45, 7) is 4.73. The Balaban J connectivity index is 5.07. The second-order valence-corrected chi connectivity index (χ2v) is 5.54. The van der Waals surface area contributed by atoms with Crippen LogP contribution in [-0.4, -0.2) is 57.3 Å².